The van der Waals surface area contributed by atoms with Gasteiger partial charge in [0.1, 0.15) is 0 Å². The summed E-state index contributed by atoms with van der Waals surface area (Å²) in [6.45, 7) is 0. The lowest BCUT2D eigenvalue weighted by molar-refractivity contribution is 0.466. The van der Waals surface area contributed by atoms with Gasteiger partial charge < -0.3 is 4.18 Å². The Morgan fingerprint density at radius 3 is 1.94 bits per heavy atom. The van der Waals surface area contributed by atoms with Crippen LogP contribution in [0.4, 0.5) is 0 Å². The average molecular weight is 246 g/mol. The van der Waals surface area contributed by atoms with Gasteiger partial charge in [-0.15, -0.1) is 10.3 Å². The molecule has 0 N–H and O–H groups in total. The number of benzene rings is 2. The molecule has 0 aromatic heterocycles. The molecule has 0 bridgehead atoms. The fourth-order valence-corrected chi connectivity index (χ4v) is 3.88. The molecule has 2 aromatic carbocycles. The van der Waals surface area contributed by atoms with Crippen LogP contribution in [-0.2, 0) is 9.94 Å². The van der Waals surface area contributed by atoms with E-state index in [9.17, 15) is 0 Å². The summed E-state index contributed by atoms with van der Waals surface area (Å²) < 4.78 is 5.81. The third kappa shape index (κ3) is 2.90. The third-order valence-electron chi connectivity index (χ3n) is 2.89. The Balaban J connectivity index is 2.27. The van der Waals surface area contributed by atoms with Crippen LogP contribution in [0.2, 0.25) is 0 Å². The minimum atomic E-state index is -1.21. The van der Waals surface area contributed by atoms with Crippen molar-refractivity contribution in [1.29, 1.82) is 0 Å². The van der Waals surface area contributed by atoms with Crippen molar-refractivity contribution in [2.45, 2.75) is 10.6 Å². The highest BCUT2D eigenvalue weighted by Gasteiger charge is 2.20. The Hall–Kier alpha value is -1.25. The molecular weight excluding hydrogens is 228 g/mol. The molecule has 17 heavy (non-hydrogen) atoms. The van der Waals surface area contributed by atoms with Crippen molar-refractivity contribution in [3.63, 3.8) is 0 Å². The summed E-state index contributed by atoms with van der Waals surface area (Å²) in [6, 6.07) is 21.0. The molecule has 90 valence electrons. The molecule has 2 rings (SSSR count). The molecule has 0 amide bonds. The lowest BCUT2D eigenvalue weighted by Gasteiger charge is -2.34. The van der Waals surface area contributed by atoms with E-state index < -0.39 is 10.3 Å². The predicted molar refractivity (Wildman–Crippen MR) is 75.4 cm³/mol. The van der Waals surface area contributed by atoms with Gasteiger partial charge in [-0.2, -0.15) is 0 Å². The van der Waals surface area contributed by atoms with Crippen LogP contribution in [0.15, 0.2) is 65.6 Å². The first-order valence-electron chi connectivity index (χ1n) is 5.65. The molecular formula is C15H18OS. The monoisotopic (exact) mass is 246 g/mol. The zero-order valence-corrected chi connectivity index (χ0v) is 11.1. The third-order valence-corrected chi connectivity index (χ3v) is 5.78. The van der Waals surface area contributed by atoms with Gasteiger partial charge in [-0.05, 0) is 24.0 Å². The second-order valence-electron chi connectivity index (χ2n) is 4.11. The van der Waals surface area contributed by atoms with Crippen molar-refractivity contribution in [3.05, 3.63) is 66.2 Å². The minimum absolute atomic E-state index is 0.967. The normalized spacial score (nSPS) is 16.1. The zero-order chi connectivity index (χ0) is 12.1. The lowest BCUT2D eigenvalue weighted by Crippen LogP contribution is -2.04. The Labute approximate surface area is 105 Å². The largest absolute Gasteiger partial charge is 0.336 e. The smallest absolute Gasteiger partial charge is 0.0486 e. The predicted octanol–water partition coefficient (Wildman–Crippen LogP) is 4.24. The van der Waals surface area contributed by atoms with Crippen LogP contribution >= 0.6 is 10.3 Å². The van der Waals surface area contributed by atoms with Crippen LogP contribution in [0.1, 0.15) is 5.56 Å². The molecule has 0 spiro atoms. The summed E-state index contributed by atoms with van der Waals surface area (Å²) in [7, 11) is 0.602. The second kappa shape index (κ2) is 5.39. The van der Waals surface area contributed by atoms with Gasteiger partial charge in [-0.25, -0.2) is 0 Å². The summed E-state index contributed by atoms with van der Waals surface area (Å²) in [5.41, 5.74) is 1.33. The van der Waals surface area contributed by atoms with Crippen LogP contribution in [-0.4, -0.2) is 13.4 Å². The molecule has 0 saturated heterocycles. The molecule has 0 saturated carbocycles. The molecule has 1 unspecified atom stereocenters. The van der Waals surface area contributed by atoms with Crippen LogP contribution < -0.4 is 0 Å². The average Bonchev–Trinajstić information content (AvgIpc) is 2.41. The molecule has 0 radical (unpaired) electrons. The Morgan fingerprint density at radius 2 is 1.41 bits per heavy atom. The van der Waals surface area contributed by atoms with E-state index >= 15 is 0 Å². The highest BCUT2D eigenvalue weighted by atomic mass is 32.3. The molecule has 0 aliphatic carbocycles. The van der Waals surface area contributed by atoms with E-state index in [0.717, 1.165) is 5.75 Å². The number of hydrogen-bond acceptors (Lipinski definition) is 1. The van der Waals surface area contributed by atoms with Crippen molar-refractivity contribution >= 4 is 10.3 Å². The fraction of sp³-hybridized carbons (Fsp3) is 0.200. The Morgan fingerprint density at radius 1 is 0.882 bits per heavy atom. The maximum atomic E-state index is 5.81. The van der Waals surface area contributed by atoms with Gasteiger partial charge in [0, 0.05) is 17.8 Å². The summed E-state index contributed by atoms with van der Waals surface area (Å²) >= 11 is 0. The van der Waals surface area contributed by atoms with Crippen LogP contribution in [0.5, 0.6) is 0 Å². The lowest BCUT2D eigenvalue weighted by atomic mass is 10.2. The SMILES string of the molecule is COS(C)(Cc1ccccc1)c1ccccc1. The van der Waals surface area contributed by atoms with E-state index in [1.165, 1.54) is 10.5 Å². The summed E-state index contributed by atoms with van der Waals surface area (Å²) in [5.74, 6) is 0.967. The molecule has 1 nitrogen and oxygen atoms in total. The minimum Gasteiger partial charge on any atom is -0.336 e. The molecule has 2 aromatic rings. The number of rotatable bonds is 4. The van der Waals surface area contributed by atoms with Crippen molar-refractivity contribution in [3.8, 4) is 0 Å². The van der Waals surface area contributed by atoms with E-state index in [1.807, 2.05) is 19.2 Å². The van der Waals surface area contributed by atoms with E-state index in [4.69, 9.17) is 4.18 Å². The first-order valence-corrected chi connectivity index (χ1v) is 7.79. The van der Waals surface area contributed by atoms with Crippen molar-refractivity contribution in [2.75, 3.05) is 13.4 Å². The van der Waals surface area contributed by atoms with Gasteiger partial charge in [0.15, 0.2) is 0 Å². The van der Waals surface area contributed by atoms with Gasteiger partial charge in [0.25, 0.3) is 0 Å². The van der Waals surface area contributed by atoms with Crippen molar-refractivity contribution in [2.24, 2.45) is 0 Å². The molecule has 1 atom stereocenters. The standard InChI is InChI=1S/C15H18OS/c1-16-17(2,15-11-7-4-8-12-15)13-14-9-5-3-6-10-14/h3-12H,13H2,1-2H3. The van der Waals surface area contributed by atoms with E-state index in [1.54, 1.807) is 0 Å². The molecule has 0 aliphatic heterocycles. The second-order valence-corrected chi connectivity index (χ2v) is 7.22. The van der Waals surface area contributed by atoms with E-state index in [0.29, 0.717) is 0 Å². The highest BCUT2D eigenvalue weighted by molar-refractivity contribution is 8.28. The van der Waals surface area contributed by atoms with Gasteiger partial charge in [-0.1, -0.05) is 48.5 Å². The zero-order valence-electron chi connectivity index (χ0n) is 10.3. The molecule has 0 heterocycles. The Bertz CT molecular complexity index is 455. The van der Waals surface area contributed by atoms with E-state index in [-0.39, 0.29) is 0 Å². The maximum absolute atomic E-state index is 5.81. The van der Waals surface area contributed by atoms with Crippen molar-refractivity contribution in [1.82, 2.24) is 0 Å². The summed E-state index contributed by atoms with van der Waals surface area (Å²) in [4.78, 5) is 1.30. The molecule has 0 aliphatic rings. The van der Waals surface area contributed by atoms with Gasteiger partial charge in [0.05, 0.1) is 0 Å². The molecule has 2 heteroatoms. The van der Waals surface area contributed by atoms with Gasteiger partial charge in [-0.3, -0.25) is 0 Å². The quantitative estimate of drug-likeness (QED) is 0.784. The van der Waals surface area contributed by atoms with Crippen LogP contribution in [0.25, 0.3) is 0 Å². The first kappa shape index (κ1) is 12.2. The summed E-state index contributed by atoms with van der Waals surface area (Å²) in [6.07, 6.45) is 2.22. The van der Waals surface area contributed by atoms with Gasteiger partial charge >= 0.3 is 0 Å². The maximum Gasteiger partial charge on any atom is 0.0486 e. The summed E-state index contributed by atoms with van der Waals surface area (Å²) in [5, 5.41) is 0. The fourth-order valence-electron chi connectivity index (χ4n) is 1.84. The van der Waals surface area contributed by atoms with Crippen molar-refractivity contribution < 1.29 is 4.18 Å². The first-order chi connectivity index (χ1) is 8.24. The topological polar surface area (TPSA) is 9.23 Å². The Kier molecular flexibility index (Phi) is 3.87. The number of hydrogen-bond donors (Lipinski definition) is 0. The van der Waals surface area contributed by atoms with Crippen LogP contribution in [0.3, 0.4) is 0 Å². The van der Waals surface area contributed by atoms with Gasteiger partial charge in [0.2, 0.25) is 0 Å². The molecule has 0 fully saturated rings. The van der Waals surface area contributed by atoms with Crippen LogP contribution in [0, 0.1) is 0 Å². The highest BCUT2D eigenvalue weighted by Crippen LogP contribution is 2.55. The van der Waals surface area contributed by atoms with E-state index in [2.05, 4.69) is 54.8 Å².